The van der Waals surface area contributed by atoms with E-state index in [1.54, 1.807) is 0 Å². The highest BCUT2D eigenvalue weighted by Crippen LogP contribution is 2.21. The van der Waals surface area contributed by atoms with Gasteiger partial charge >= 0.3 is 0 Å². The van der Waals surface area contributed by atoms with Crippen molar-refractivity contribution in [3.63, 3.8) is 0 Å². The summed E-state index contributed by atoms with van der Waals surface area (Å²) in [5.74, 6) is 1.99. The third kappa shape index (κ3) is 6.81. The molecule has 0 aliphatic carbocycles. The number of rotatable bonds is 7. The summed E-state index contributed by atoms with van der Waals surface area (Å²) in [7, 11) is 0. The van der Waals surface area contributed by atoms with Crippen molar-refractivity contribution in [2.45, 2.75) is 58.3 Å². The molecule has 4 rings (SSSR count). The van der Waals surface area contributed by atoms with Crippen LogP contribution in [-0.4, -0.2) is 54.1 Å². The van der Waals surface area contributed by atoms with Gasteiger partial charge in [0.2, 0.25) is 0 Å². The van der Waals surface area contributed by atoms with Gasteiger partial charge in [0.25, 0.3) is 0 Å². The van der Waals surface area contributed by atoms with E-state index in [2.05, 4.69) is 81.7 Å². The van der Waals surface area contributed by atoms with E-state index in [0.29, 0.717) is 18.6 Å². The van der Waals surface area contributed by atoms with Gasteiger partial charge in [-0.05, 0) is 56.4 Å². The van der Waals surface area contributed by atoms with Gasteiger partial charge in [0.1, 0.15) is 5.82 Å². The van der Waals surface area contributed by atoms with Gasteiger partial charge in [-0.3, -0.25) is 4.90 Å². The minimum Gasteiger partial charge on any atom is -0.357 e. The summed E-state index contributed by atoms with van der Waals surface area (Å²) in [6.45, 7) is 10.2. The molecule has 0 bridgehead atoms. The van der Waals surface area contributed by atoms with Crippen LogP contribution >= 0.6 is 24.0 Å². The van der Waals surface area contributed by atoms with Crippen LogP contribution in [0.3, 0.4) is 0 Å². The van der Waals surface area contributed by atoms with E-state index in [9.17, 15) is 0 Å². The smallest absolute Gasteiger partial charge is 0.191 e. The number of pyridine rings is 1. The standard InChI is InChI=1S/C25H36N6.HI/c1-3-26-25(28-17-22-11-12-27-24(16-22)30-13-7-8-14-30)29-23-15-20(2)31(19-23)18-21-9-5-4-6-10-21;/h4-6,9-12,16,20,23H,3,7-8,13-15,17-19H2,1-2H3,(H2,26,28,29);1H. The van der Waals surface area contributed by atoms with Crippen LogP contribution in [0.1, 0.15) is 44.2 Å². The zero-order chi connectivity index (χ0) is 21.5. The first-order valence-corrected chi connectivity index (χ1v) is 11.7. The van der Waals surface area contributed by atoms with E-state index < -0.39 is 0 Å². The quantitative estimate of drug-likeness (QED) is 0.311. The van der Waals surface area contributed by atoms with Gasteiger partial charge in [-0.15, -0.1) is 24.0 Å². The Morgan fingerprint density at radius 3 is 2.66 bits per heavy atom. The van der Waals surface area contributed by atoms with Crippen LogP contribution in [0, 0.1) is 0 Å². The van der Waals surface area contributed by atoms with E-state index in [0.717, 1.165) is 50.9 Å². The van der Waals surface area contributed by atoms with Crippen LogP contribution in [0.15, 0.2) is 53.7 Å². The van der Waals surface area contributed by atoms with Crippen molar-refractivity contribution in [2.24, 2.45) is 4.99 Å². The van der Waals surface area contributed by atoms with Crippen molar-refractivity contribution >= 4 is 35.8 Å². The molecule has 2 fully saturated rings. The fourth-order valence-corrected chi connectivity index (χ4v) is 4.60. The first-order chi connectivity index (χ1) is 15.2. The Morgan fingerprint density at radius 1 is 1.12 bits per heavy atom. The van der Waals surface area contributed by atoms with Gasteiger partial charge < -0.3 is 15.5 Å². The number of hydrogen-bond acceptors (Lipinski definition) is 4. The fourth-order valence-electron chi connectivity index (χ4n) is 4.60. The number of nitrogens with zero attached hydrogens (tertiary/aromatic N) is 4. The van der Waals surface area contributed by atoms with E-state index in [4.69, 9.17) is 4.99 Å². The number of likely N-dealkylation sites (tertiary alicyclic amines) is 1. The number of hydrogen-bond donors (Lipinski definition) is 2. The Hall–Kier alpha value is -1.87. The molecule has 0 saturated carbocycles. The molecule has 0 amide bonds. The summed E-state index contributed by atoms with van der Waals surface area (Å²) in [6, 6.07) is 16.0. The number of aromatic nitrogens is 1. The molecule has 2 atom stereocenters. The maximum Gasteiger partial charge on any atom is 0.191 e. The van der Waals surface area contributed by atoms with Crippen molar-refractivity contribution in [3.8, 4) is 0 Å². The summed E-state index contributed by atoms with van der Waals surface area (Å²) in [5, 5.41) is 7.10. The zero-order valence-electron chi connectivity index (χ0n) is 19.3. The number of benzene rings is 1. The molecule has 2 unspecified atom stereocenters. The SMILES string of the molecule is CCNC(=NCc1ccnc(N2CCCC2)c1)NC1CC(C)N(Cc2ccccc2)C1.I. The average Bonchev–Trinajstić information content (AvgIpc) is 3.44. The Bertz CT molecular complexity index is 853. The molecular weight excluding hydrogens is 511 g/mol. The first kappa shape index (κ1) is 24.8. The third-order valence-corrected chi connectivity index (χ3v) is 6.28. The second-order valence-electron chi connectivity index (χ2n) is 8.75. The largest absolute Gasteiger partial charge is 0.357 e. The molecule has 7 heteroatoms. The zero-order valence-corrected chi connectivity index (χ0v) is 21.7. The summed E-state index contributed by atoms with van der Waals surface area (Å²) < 4.78 is 0. The number of nitrogens with one attached hydrogen (secondary N) is 2. The average molecular weight is 549 g/mol. The predicted octanol–water partition coefficient (Wildman–Crippen LogP) is 4.02. The van der Waals surface area contributed by atoms with Crippen molar-refractivity contribution in [1.29, 1.82) is 0 Å². The summed E-state index contributed by atoms with van der Waals surface area (Å²) >= 11 is 0. The normalized spacial score (nSPS) is 21.4. The lowest BCUT2D eigenvalue weighted by molar-refractivity contribution is 0.258. The number of halogens is 1. The van der Waals surface area contributed by atoms with Crippen molar-refractivity contribution in [2.75, 3.05) is 31.1 Å². The van der Waals surface area contributed by atoms with Gasteiger partial charge in [0.15, 0.2) is 5.96 Å². The lowest BCUT2D eigenvalue weighted by atomic mass is 10.2. The molecule has 32 heavy (non-hydrogen) atoms. The van der Waals surface area contributed by atoms with Crippen LogP contribution in [-0.2, 0) is 13.1 Å². The molecule has 3 heterocycles. The minimum absolute atomic E-state index is 0. The van der Waals surface area contributed by atoms with Crippen molar-refractivity contribution in [3.05, 3.63) is 59.8 Å². The molecule has 2 aromatic rings. The highest BCUT2D eigenvalue weighted by molar-refractivity contribution is 14.0. The molecule has 1 aromatic carbocycles. The summed E-state index contributed by atoms with van der Waals surface area (Å²) in [4.78, 5) is 14.4. The van der Waals surface area contributed by atoms with E-state index >= 15 is 0 Å². The van der Waals surface area contributed by atoms with E-state index in [1.807, 2.05) is 6.20 Å². The molecule has 0 radical (unpaired) electrons. The molecule has 2 aliphatic rings. The van der Waals surface area contributed by atoms with E-state index in [-0.39, 0.29) is 24.0 Å². The van der Waals surface area contributed by atoms with Crippen LogP contribution in [0.25, 0.3) is 0 Å². The Morgan fingerprint density at radius 2 is 1.91 bits per heavy atom. The highest BCUT2D eigenvalue weighted by atomic mass is 127. The van der Waals surface area contributed by atoms with Crippen molar-refractivity contribution < 1.29 is 0 Å². The summed E-state index contributed by atoms with van der Waals surface area (Å²) in [6.07, 6.45) is 5.57. The molecule has 2 aliphatic heterocycles. The Balaban J connectivity index is 0.00000289. The van der Waals surface area contributed by atoms with Gasteiger partial charge in [-0.25, -0.2) is 9.98 Å². The number of guanidine groups is 1. The lowest BCUT2D eigenvalue weighted by Gasteiger charge is -2.21. The molecule has 0 spiro atoms. The van der Waals surface area contributed by atoms with E-state index in [1.165, 1.54) is 24.0 Å². The van der Waals surface area contributed by atoms with Crippen LogP contribution in [0.2, 0.25) is 0 Å². The van der Waals surface area contributed by atoms with Gasteiger partial charge in [0.05, 0.1) is 6.54 Å². The number of anilines is 1. The number of aliphatic imine (C=N–C) groups is 1. The lowest BCUT2D eigenvalue weighted by Crippen LogP contribution is -2.44. The summed E-state index contributed by atoms with van der Waals surface area (Å²) in [5.41, 5.74) is 2.58. The molecule has 6 nitrogen and oxygen atoms in total. The predicted molar refractivity (Wildman–Crippen MR) is 144 cm³/mol. The molecule has 2 N–H and O–H groups in total. The van der Waals surface area contributed by atoms with Gasteiger partial charge in [-0.1, -0.05) is 30.3 Å². The Kier molecular flexibility index (Phi) is 9.59. The second kappa shape index (κ2) is 12.4. The van der Waals surface area contributed by atoms with Gasteiger partial charge in [-0.2, -0.15) is 0 Å². The fraction of sp³-hybridized carbons (Fsp3) is 0.520. The topological polar surface area (TPSA) is 55.8 Å². The first-order valence-electron chi connectivity index (χ1n) is 11.7. The third-order valence-electron chi connectivity index (χ3n) is 6.28. The molecule has 174 valence electrons. The molecule has 1 aromatic heterocycles. The van der Waals surface area contributed by atoms with Crippen molar-refractivity contribution in [1.82, 2.24) is 20.5 Å². The maximum absolute atomic E-state index is 4.88. The second-order valence-corrected chi connectivity index (χ2v) is 8.75. The van der Waals surface area contributed by atoms with Gasteiger partial charge in [0, 0.05) is 51.0 Å². The molecular formula is C25H37IN6. The minimum atomic E-state index is 0. The van der Waals surface area contributed by atoms with Crippen LogP contribution in [0.4, 0.5) is 5.82 Å². The maximum atomic E-state index is 4.88. The van der Waals surface area contributed by atoms with Crippen LogP contribution in [0.5, 0.6) is 0 Å². The highest BCUT2D eigenvalue weighted by Gasteiger charge is 2.29. The Labute approximate surface area is 209 Å². The monoisotopic (exact) mass is 548 g/mol. The van der Waals surface area contributed by atoms with Crippen LogP contribution < -0.4 is 15.5 Å². The molecule has 2 saturated heterocycles.